The van der Waals surface area contributed by atoms with Gasteiger partial charge in [0.2, 0.25) is 5.91 Å². The molecule has 0 aromatic heterocycles. The lowest BCUT2D eigenvalue weighted by molar-refractivity contribution is -0.115. The van der Waals surface area contributed by atoms with Gasteiger partial charge in [-0.3, -0.25) is 14.4 Å². The second-order valence-corrected chi connectivity index (χ2v) is 10.8. The number of carbonyl (C=O) groups excluding carboxylic acids is 3. The van der Waals surface area contributed by atoms with Crippen molar-refractivity contribution in [2.75, 3.05) is 10.6 Å². The first kappa shape index (κ1) is 29.0. The van der Waals surface area contributed by atoms with Gasteiger partial charge >= 0.3 is 0 Å². The highest BCUT2D eigenvalue weighted by molar-refractivity contribution is 8.00. The molecule has 3 N–H and O–H groups in total. The van der Waals surface area contributed by atoms with Gasteiger partial charge in [-0.1, -0.05) is 77.8 Å². The standard InChI is InChI=1S/C31H25Cl2N3O3S/c1-20(29(37)34-23-13-6-3-7-14-23)40-25-16-9-15-24(19-25)35-31(39)27(18-22-12-8-17-26(32)28(22)33)36-30(38)21-10-4-2-5-11-21/h2-20H,1H3,(H,34,37)(H,35,39)(H,36,38)/b27-18+. The minimum atomic E-state index is -0.558. The highest BCUT2D eigenvalue weighted by atomic mass is 35.5. The van der Waals surface area contributed by atoms with Gasteiger partial charge in [-0.2, -0.15) is 0 Å². The van der Waals surface area contributed by atoms with Crippen molar-refractivity contribution < 1.29 is 14.4 Å². The van der Waals surface area contributed by atoms with E-state index in [4.69, 9.17) is 23.2 Å². The van der Waals surface area contributed by atoms with Crippen molar-refractivity contribution in [3.63, 3.8) is 0 Å². The molecule has 0 aliphatic heterocycles. The van der Waals surface area contributed by atoms with Crippen LogP contribution in [0.1, 0.15) is 22.8 Å². The fourth-order valence-corrected chi connectivity index (χ4v) is 4.89. The maximum atomic E-state index is 13.4. The molecule has 4 aromatic carbocycles. The number of hydrogen-bond donors (Lipinski definition) is 3. The average molecular weight is 591 g/mol. The highest BCUT2D eigenvalue weighted by Gasteiger charge is 2.18. The normalized spacial score (nSPS) is 11.8. The Morgan fingerprint density at radius 2 is 1.43 bits per heavy atom. The van der Waals surface area contributed by atoms with Crippen LogP contribution < -0.4 is 16.0 Å². The van der Waals surface area contributed by atoms with Gasteiger partial charge in [0.15, 0.2) is 0 Å². The quantitative estimate of drug-likeness (QED) is 0.139. The van der Waals surface area contributed by atoms with Crippen LogP contribution in [0, 0.1) is 0 Å². The summed E-state index contributed by atoms with van der Waals surface area (Å²) in [5.74, 6) is -1.15. The molecular weight excluding hydrogens is 565 g/mol. The molecule has 0 aliphatic rings. The fourth-order valence-electron chi connectivity index (χ4n) is 3.60. The maximum absolute atomic E-state index is 13.4. The number of halogens is 2. The third-order valence-corrected chi connectivity index (χ3v) is 7.55. The van der Waals surface area contributed by atoms with Crippen molar-refractivity contribution in [3.05, 3.63) is 130 Å². The van der Waals surface area contributed by atoms with Gasteiger partial charge in [-0.05, 0) is 67.1 Å². The summed E-state index contributed by atoms with van der Waals surface area (Å²) in [5, 5.41) is 8.58. The first-order valence-electron chi connectivity index (χ1n) is 12.3. The van der Waals surface area contributed by atoms with E-state index >= 15 is 0 Å². The van der Waals surface area contributed by atoms with Gasteiger partial charge in [-0.25, -0.2) is 0 Å². The van der Waals surface area contributed by atoms with Crippen LogP contribution in [0.3, 0.4) is 0 Å². The maximum Gasteiger partial charge on any atom is 0.272 e. The van der Waals surface area contributed by atoms with Crippen molar-refractivity contribution in [2.24, 2.45) is 0 Å². The molecule has 4 aromatic rings. The monoisotopic (exact) mass is 589 g/mol. The Balaban J connectivity index is 1.51. The van der Waals surface area contributed by atoms with Gasteiger partial charge in [0.05, 0.1) is 15.3 Å². The summed E-state index contributed by atoms with van der Waals surface area (Å²) in [6, 6.07) is 29.9. The van der Waals surface area contributed by atoms with Crippen LogP contribution in [0.2, 0.25) is 10.0 Å². The molecular formula is C31H25Cl2N3O3S. The lowest BCUT2D eigenvalue weighted by Gasteiger charge is -2.14. The predicted molar refractivity (Wildman–Crippen MR) is 164 cm³/mol. The second-order valence-electron chi connectivity index (χ2n) is 8.62. The smallest absolute Gasteiger partial charge is 0.272 e. The number of nitrogens with one attached hydrogen (secondary N) is 3. The number of carbonyl (C=O) groups is 3. The summed E-state index contributed by atoms with van der Waals surface area (Å²) in [4.78, 5) is 39.7. The van der Waals surface area contributed by atoms with E-state index in [-0.39, 0.29) is 16.6 Å². The molecule has 0 radical (unpaired) electrons. The number of thioether (sulfide) groups is 1. The van der Waals surface area contributed by atoms with Crippen LogP contribution in [0.4, 0.5) is 11.4 Å². The highest BCUT2D eigenvalue weighted by Crippen LogP contribution is 2.29. The largest absolute Gasteiger partial charge is 0.325 e. The van der Waals surface area contributed by atoms with Crippen molar-refractivity contribution in [2.45, 2.75) is 17.1 Å². The first-order chi connectivity index (χ1) is 19.3. The molecule has 6 nitrogen and oxygen atoms in total. The third-order valence-electron chi connectivity index (χ3n) is 5.63. The zero-order valence-corrected chi connectivity index (χ0v) is 23.7. The molecule has 0 aliphatic carbocycles. The van der Waals surface area contributed by atoms with Gasteiger partial charge in [0.1, 0.15) is 5.70 Å². The summed E-state index contributed by atoms with van der Waals surface area (Å²) in [5.41, 5.74) is 2.04. The Morgan fingerprint density at radius 3 is 2.15 bits per heavy atom. The average Bonchev–Trinajstić information content (AvgIpc) is 2.96. The van der Waals surface area contributed by atoms with Gasteiger partial charge < -0.3 is 16.0 Å². The Kier molecular flexibility index (Phi) is 10.0. The Morgan fingerprint density at radius 1 is 0.775 bits per heavy atom. The Labute approximate surface area is 246 Å². The number of para-hydroxylation sites is 1. The second kappa shape index (κ2) is 13.8. The topological polar surface area (TPSA) is 87.3 Å². The minimum Gasteiger partial charge on any atom is -0.325 e. The van der Waals surface area contributed by atoms with Crippen LogP contribution in [0.15, 0.2) is 114 Å². The van der Waals surface area contributed by atoms with Crippen LogP contribution in [-0.2, 0) is 9.59 Å². The van der Waals surface area contributed by atoms with Crippen LogP contribution >= 0.6 is 35.0 Å². The molecule has 1 atom stereocenters. The minimum absolute atomic E-state index is 0.0216. The van der Waals surface area contributed by atoms with Crippen molar-refractivity contribution in [3.8, 4) is 0 Å². The van der Waals surface area contributed by atoms with Crippen molar-refractivity contribution in [1.29, 1.82) is 0 Å². The van der Waals surface area contributed by atoms with Gasteiger partial charge in [0, 0.05) is 21.8 Å². The molecule has 0 heterocycles. The molecule has 0 saturated carbocycles. The van der Waals surface area contributed by atoms with E-state index in [0.717, 1.165) is 10.6 Å². The Bertz CT molecular complexity index is 1550. The summed E-state index contributed by atoms with van der Waals surface area (Å²) in [7, 11) is 0. The Hall–Kier alpha value is -4.04. The third kappa shape index (κ3) is 7.99. The summed E-state index contributed by atoms with van der Waals surface area (Å²) >= 11 is 13.9. The molecule has 4 rings (SSSR count). The number of benzene rings is 4. The molecule has 9 heteroatoms. The van der Waals surface area contributed by atoms with E-state index in [1.807, 2.05) is 43.3 Å². The predicted octanol–water partition coefficient (Wildman–Crippen LogP) is 7.52. The van der Waals surface area contributed by atoms with E-state index in [1.54, 1.807) is 66.7 Å². The number of rotatable bonds is 9. The SMILES string of the molecule is CC(Sc1cccc(NC(=O)/C(=C\c2cccc(Cl)c2Cl)NC(=O)c2ccccc2)c1)C(=O)Nc1ccccc1. The van der Waals surface area contributed by atoms with Crippen LogP contribution in [0.5, 0.6) is 0 Å². The molecule has 0 bridgehead atoms. The van der Waals surface area contributed by atoms with Crippen molar-refractivity contribution in [1.82, 2.24) is 5.32 Å². The van der Waals surface area contributed by atoms with E-state index in [1.165, 1.54) is 17.8 Å². The van der Waals surface area contributed by atoms with Crippen LogP contribution in [0.25, 0.3) is 6.08 Å². The fraction of sp³-hybridized carbons (Fsp3) is 0.0645. The van der Waals surface area contributed by atoms with Crippen molar-refractivity contribution >= 4 is 70.1 Å². The summed E-state index contributed by atoms with van der Waals surface area (Å²) in [6.45, 7) is 1.81. The molecule has 3 amide bonds. The summed E-state index contributed by atoms with van der Waals surface area (Å²) < 4.78 is 0. The number of anilines is 2. The zero-order chi connectivity index (χ0) is 28.5. The lowest BCUT2D eigenvalue weighted by Crippen LogP contribution is -2.30. The van der Waals surface area contributed by atoms with Gasteiger partial charge in [0.25, 0.3) is 11.8 Å². The van der Waals surface area contributed by atoms with E-state index < -0.39 is 17.1 Å². The molecule has 0 saturated heterocycles. The number of hydrogen-bond acceptors (Lipinski definition) is 4. The lowest BCUT2D eigenvalue weighted by atomic mass is 10.1. The van der Waals surface area contributed by atoms with E-state index in [0.29, 0.717) is 21.8 Å². The van der Waals surface area contributed by atoms with E-state index in [9.17, 15) is 14.4 Å². The zero-order valence-electron chi connectivity index (χ0n) is 21.4. The van der Waals surface area contributed by atoms with Crippen LogP contribution in [-0.4, -0.2) is 23.0 Å². The molecule has 40 heavy (non-hydrogen) atoms. The first-order valence-corrected chi connectivity index (χ1v) is 13.9. The summed E-state index contributed by atoms with van der Waals surface area (Å²) in [6.07, 6.45) is 1.47. The molecule has 202 valence electrons. The molecule has 0 spiro atoms. The molecule has 1 unspecified atom stereocenters. The van der Waals surface area contributed by atoms with E-state index in [2.05, 4.69) is 16.0 Å². The number of amides is 3. The van der Waals surface area contributed by atoms with Gasteiger partial charge in [-0.15, -0.1) is 11.8 Å². The molecule has 0 fully saturated rings.